The number of hydrogen-bond donors (Lipinski definition) is 0. The fourth-order valence-corrected chi connectivity index (χ4v) is 24.5. The molecule has 0 unspecified atom stereocenters. The third kappa shape index (κ3) is 10.9. The lowest BCUT2D eigenvalue weighted by Gasteiger charge is -2.11. The zero-order valence-electron chi connectivity index (χ0n) is 78.1. The number of nitrogens with zero attached hydrogens (tertiary/aromatic N) is 19. The molecule has 0 spiro atoms. The summed E-state index contributed by atoms with van der Waals surface area (Å²) in [5, 5.41) is 6.10. The number of fused-ring (bicyclic) bond motifs is 40. The Morgan fingerprint density at radius 2 is 0.301 bits per heavy atom. The van der Waals surface area contributed by atoms with E-state index in [0.717, 1.165) is 179 Å². The van der Waals surface area contributed by atoms with Crippen LogP contribution >= 0.6 is 0 Å². The van der Waals surface area contributed by atoms with Crippen molar-refractivity contribution >= 4 is 221 Å². The van der Waals surface area contributed by atoms with Gasteiger partial charge in [-0.15, -0.1) is 0 Å². The highest BCUT2D eigenvalue weighted by Gasteiger charge is 2.28. The Balaban J connectivity index is 0.0000000974. The number of aromatic nitrogens is 19. The summed E-state index contributed by atoms with van der Waals surface area (Å²) < 4.78 is 37.6. The van der Waals surface area contributed by atoms with Crippen LogP contribution in [0.2, 0.25) is 0 Å². The minimum absolute atomic E-state index is 0.901. The minimum atomic E-state index is 0.901. The van der Waals surface area contributed by atoms with Gasteiger partial charge in [-0.1, -0.05) is 218 Å². The molecule has 35 rings (SSSR count). The van der Waals surface area contributed by atoms with Gasteiger partial charge < -0.3 is 0 Å². The van der Waals surface area contributed by atoms with Crippen LogP contribution in [0.4, 0.5) is 0 Å². The molecule has 0 aliphatic heterocycles. The zero-order valence-corrected chi connectivity index (χ0v) is 78.1. The summed E-state index contributed by atoms with van der Waals surface area (Å²) in [5.74, 6) is 2.72. The van der Waals surface area contributed by atoms with Crippen molar-refractivity contribution in [3.63, 3.8) is 0 Å². The van der Waals surface area contributed by atoms with Gasteiger partial charge >= 0.3 is 0 Å². The van der Waals surface area contributed by atoms with Crippen LogP contribution in [-0.4, -0.2) is 86.7 Å². The zero-order chi connectivity index (χ0) is 94.9. The van der Waals surface area contributed by atoms with Gasteiger partial charge in [0.15, 0.2) is 0 Å². The molecule has 16 aromatic heterocycles. The van der Waals surface area contributed by atoms with Gasteiger partial charge in [0.25, 0.3) is 0 Å². The Bertz CT molecular complexity index is 11600. The molecular weight excluding hydrogens is 1790 g/mol. The van der Waals surface area contributed by atoms with Crippen molar-refractivity contribution in [1.82, 2.24) is 86.7 Å². The molecule has 0 bridgehead atoms. The third-order valence-electron chi connectivity index (χ3n) is 30.4. The van der Waals surface area contributed by atoms with Crippen molar-refractivity contribution in [1.29, 1.82) is 0 Å². The monoisotopic (exact) mass is 1870 g/mol. The molecule has 0 atom stereocenters. The van der Waals surface area contributed by atoms with Crippen molar-refractivity contribution in [3.05, 3.63) is 479 Å². The van der Waals surface area contributed by atoms with Gasteiger partial charge in [-0.05, 0) is 261 Å². The van der Waals surface area contributed by atoms with E-state index in [0.29, 0.717) is 0 Å². The molecule has 682 valence electrons. The van der Waals surface area contributed by atoms with Crippen LogP contribution in [-0.2, 0) is 0 Å². The van der Waals surface area contributed by atoms with E-state index in [4.69, 9.17) is 15.0 Å². The first-order chi connectivity index (χ1) is 72.5. The first-order valence-corrected chi connectivity index (χ1v) is 49.5. The summed E-state index contributed by atoms with van der Waals surface area (Å²) in [6.45, 7) is 0. The molecule has 146 heavy (non-hydrogen) atoms. The molecule has 0 aliphatic rings. The first kappa shape index (κ1) is 78.6. The fraction of sp³-hybridized carbons (Fsp3) is 0. The van der Waals surface area contributed by atoms with Gasteiger partial charge in [0.2, 0.25) is 17.3 Å². The lowest BCUT2D eigenvalue weighted by molar-refractivity contribution is 1.09. The summed E-state index contributed by atoms with van der Waals surface area (Å²) >= 11 is 0. The maximum Gasteiger partial charge on any atom is 0.220 e. The third-order valence-corrected chi connectivity index (χ3v) is 30.4. The molecule has 0 radical (unpaired) electrons. The summed E-state index contributed by atoms with van der Waals surface area (Å²) in [5.41, 5.74) is 45.2. The highest BCUT2D eigenvalue weighted by Crippen LogP contribution is 2.44. The van der Waals surface area contributed by atoms with Gasteiger partial charge in [0, 0.05) is 55.4 Å². The fourth-order valence-electron chi connectivity index (χ4n) is 24.5. The Morgan fingerprint density at radius 1 is 0.110 bits per heavy atom. The number of rotatable bonds is 8. The average molecular weight is 1870 g/mol. The van der Waals surface area contributed by atoms with Gasteiger partial charge in [-0.3, -0.25) is 71.7 Å². The van der Waals surface area contributed by atoms with Crippen LogP contribution in [0.15, 0.2) is 479 Å². The molecule has 0 saturated carbocycles. The second kappa shape index (κ2) is 29.6. The van der Waals surface area contributed by atoms with Crippen LogP contribution in [0, 0.1) is 0 Å². The van der Waals surface area contributed by atoms with Crippen LogP contribution in [0.3, 0.4) is 0 Å². The minimum Gasteiger partial charge on any atom is -0.294 e. The average Bonchev–Trinajstić information content (AvgIpc) is 1.56. The van der Waals surface area contributed by atoms with Crippen LogP contribution < -0.4 is 0 Å². The van der Waals surface area contributed by atoms with Crippen molar-refractivity contribution in [2.75, 3.05) is 0 Å². The van der Waals surface area contributed by atoms with E-state index in [2.05, 4.69) is 545 Å². The van der Waals surface area contributed by atoms with Crippen molar-refractivity contribution in [3.8, 4) is 45.5 Å². The highest BCUT2D eigenvalue weighted by atomic mass is 15.3. The van der Waals surface area contributed by atoms with E-state index in [9.17, 15) is 0 Å². The Labute approximate surface area is 827 Å². The quantitative estimate of drug-likeness (QED) is 0.151. The summed E-state index contributed by atoms with van der Waals surface area (Å²) in [4.78, 5) is 15.4. The highest BCUT2D eigenvalue weighted by molar-refractivity contribution is 6.06. The molecule has 19 heteroatoms. The summed E-state index contributed by atoms with van der Waals surface area (Å²) in [6.07, 6.45) is 0. The van der Waals surface area contributed by atoms with E-state index in [1.807, 2.05) is 6.07 Å². The molecule has 16 heterocycles. The number of para-hydroxylation sites is 24. The second-order valence-electron chi connectivity index (χ2n) is 38.2. The Kier molecular flexibility index (Phi) is 16.0. The lowest BCUT2D eigenvalue weighted by Crippen LogP contribution is -1.99. The van der Waals surface area contributed by atoms with Crippen LogP contribution in [0.5, 0.6) is 0 Å². The van der Waals surface area contributed by atoms with Crippen molar-refractivity contribution in [2.24, 2.45) is 0 Å². The molecule has 19 aromatic carbocycles. The summed E-state index contributed by atoms with van der Waals surface area (Å²) in [6, 6.07) is 172. The van der Waals surface area contributed by atoms with Gasteiger partial charge in [-0.2, -0.15) is 0 Å². The molecule has 0 fully saturated rings. The largest absolute Gasteiger partial charge is 0.294 e. The van der Waals surface area contributed by atoms with Gasteiger partial charge in [0.1, 0.15) is 28.2 Å². The normalized spacial score (nSPS) is 12.4. The van der Waals surface area contributed by atoms with E-state index >= 15 is 0 Å². The molecule has 19 nitrogen and oxygen atoms in total. The molecule has 0 amide bonds. The van der Waals surface area contributed by atoms with Crippen LogP contribution in [0.25, 0.3) is 267 Å². The van der Waals surface area contributed by atoms with Gasteiger partial charge in [0.05, 0.1) is 166 Å². The van der Waals surface area contributed by atoms with Gasteiger partial charge in [-0.25, -0.2) is 15.0 Å². The predicted molar refractivity (Wildman–Crippen MR) is 595 cm³/mol. The molecule has 0 aliphatic carbocycles. The van der Waals surface area contributed by atoms with Crippen LogP contribution in [0.1, 0.15) is 0 Å². The number of imidazole rings is 11. The number of hydrogen-bond acceptors (Lipinski definition) is 3. The van der Waals surface area contributed by atoms with Crippen molar-refractivity contribution < 1.29 is 0 Å². The lowest BCUT2D eigenvalue weighted by atomic mass is 10.2. The number of benzene rings is 19. The smallest absolute Gasteiger partial charge is 0.220 e. The van der Waals surface area contributed by atoms with E-state index < -0.39 is 0 Å². The topological polar surface area (TPSA) is 113 Å². The molecular formula is C127H79N19. The Hall–Kier alpha value is -20.3. The first-order valence-electron chi connectivity index (χ1n) is 49.5. The van der Waals surface area contributed by atoms with E-state index in [-0.39, 0.29) is 0 Å². The van der Waals surface area contributed by atoms with E-state index in [1.165, 1.54) is 87.6 Å². The standard InChI is InChI=1S/2C47H29N7.C33H21N5/c1-4-17-36-30(12-1)26-45-50(39-20-7-9-22-41(39)52(36)45)34-24-25-43-44(29-34)53-37-18-5-2-13-31(37)27-46(53)49(43)32-14-11-15-33(28-32)51-40-21-8-10-23-42(40)54-38-19-6-3-16-35(38)48-47(51)54;1-3-16-36-30(12-1)26-45-50(38-18-5-8-21-41(38)52(36)45)34-25-24-31-27-46-49(39-19-6-9-22-42(39)53(46)44(31)29-34)32-13-11-14-33(28-32)51-40-20-7-10-23-43(40)54-37-17-4-2-15-35(37)48-47(51)54;1-3-14-26-22(10-1)20-32-35(28-16-5-7-18-30(28)37(26)32)23-11-9-12-24(21-23)36-29-17-6-8-19-31(29)38-27-15-4-2-13-25(27)34-33(36)38/h2*1-29H;1-21H. The SMILES string of the molecule is c1cc(-n2c3ccc(-n4c5ccccc5n5c6ccccc6cc45)cc3n3c4ccccc4cc23)cc(-n2c3ccccc3n3c4ccccc4nc23)c1.c1cc(-n2c3ccccc3n3c4cc(-n5c6ccccc6n6c7ccccc7cc56)ccc4cc23)cc(-n2c3ccccc3n3c4ccccc4nc23)c1.c1cc(-n2c3ccccc3n3c4ccccc4cc23)cc(-n2c3ccccc3n3c4ccccc4nc23)c1. The second-order valence-corrected chi connectivity index (χ2v) is 38.2. The summed E-state index contributed by atoms with van der Waals surface area (Å²) in [7, 11) is 0. The van der Waals surface area contributed by atoms with Crippen molar-refractivity contribution in [2.45, 2.75) is 0 Å². The Morgan fingerprint density at radius 3 is 0.596 bits per heavy atom. The maximum atomic E-state index is 5.15. The molecule has 0 saturated heterocycles. The van der Waals surface area contributed by atoms with E-state index in [1.54, 1.807) is 0 Å². The molecule has 0 N–H and O–H groups in total. The molecule has 35 aromatic rings. The predicted octanol–water partition coefficient (Wildman–Crippen LogP) is 30.0. The maximum absolute atomic E-state index is 5.15.